The number of aliphatic hydroxyl groups is 1. The zero-order valence-corrected chi connectivity index (χ0v) is 14.1. The predicted molar refractivity (Wildman–Crippen MR) is 89.8 cm³/mol. The third-order valence-corrected chi connectivity index (χ3v) is 5.22. The molecule has 0 saturated heterocycles. The highest BCUT2D eigenvalue weighted by Gasteiger charge is 2.25. The standard InChI is InChI=1S/C16H26ClNOS/c1-3-11-18-16(4-2,13-19)10-7-12-20-15-9-6-5-8-14(15)17/h5-6,8-9,18-19H,3-4,7,10-13H2,1-2H3. The molecule has 0 aliphatic heterocycles. The van der Waals surface area contributed by atoms with Crippen LogP contribution in [0.5, 0.6) is 0 Å². The molecule has 1 aromatic carbocycles. The largest absolute Gasteiger partial charge is 0.394 e. The number of rotatable bonds is 10. The van der Waals surface area contributed by atoms with E-state index < -0.39 is 0 Å². The molecule has 0 bridgehead atoms. The molecule has 1 atom stereocenters. The number of hydrogen-bond donors (Lipinski definition) is 2. The molecule has 0 saturated carbocycles. The lowest BCUT2D eigenvalue weighted by Gasteiger charge is -2.32. The normalized spacial score (nSPS) is 14.2. The van der Waals surface area contributed by atoms with Crippen LogP contribution in [0.4, 0.5) is 0 Å². The number of halogens is 1. The Morgan fingerprint density at radius 2 is 2.05 bits per heavy atom. The highest BCUT2D eigenvalue weighted by atomic mass is 35.5. The monoisotopic (exact) mass is 315 g/mol. The molecule has 0 heterocycles. The summed E-state index contributed by atoms with van der Waals surface area (Å²) in [6.07, 6.45) is 4.12. The molecular weight excluding hydrogens is 290 g/mol. The smallest absolute Gasteiger partial charge is 0.0613 e. The molecule has 0 radical (unpaired) electrons. The number of aliphatic hydroxyl groups excluding tert-OH is 1. The first-order chi connectivity index (χ1) is 9.67. The average Bonchev–Trinajstić information content (AvgIpc) is 2.49. The van der Waals surface area contributed by atoms with E-state index in [0.717, 1.165) is 47.9 Å². The van der Waals surface area contributed by atoms with Crippen LogP contribution >= 0.6 is 23.4 Å². The van der Waals surface area contributed by atoms with Crippen molar-refractivity contribution < 1.29 is 5.11 Å². The lowest BCUT2D eigenvalue weighted by Crippen LogP contribution is -2.48. The van der Waals surface area contributed by atoms with Crippen LogP contribution in [-0.4, -0.2) is 29.5 Å². The quantitative estimate of drug-likeness (QED) is 0.497. The molecule has 114 valence electrons. The van der Waals surface area contributed by atoms with E-state index in [9.17, 15) is 5.11 Å². The lowest BCUT2D eigenvalue weighted by atomic mass is 9.91. The Balaban J connectivity index is 2.39. The Morgan fingerprint density at radius 1 is 1.30 bits per heavy atom. The average molecular weight is 316 g/mol. The van der Waals surface area contributed by atoms with Crippen molar-refractivity contribution in [2.45, 2.75) is 50.0 Å². The summed E-state index contributed by atoms with van der Waals surface area (Å²) in [4.78, 5) is 1.14. The summed E-state index contributed by atoms with van der Waals surface area (Å²) >= 11 is 7.93. The molecule has 0 amide bonds. The first-order valence-electron chi connectivity index (χ1n) is 7.40. The van der Waals surface area contributed by atoms with Gasteiger partial charge in [0, 0.05) is 10.4 Å². The number of hydrogen-bond acceptors (Lipinski definition) is 3. The van der Waals surface area contributed by atoms with E-state index in [-0.39, 0.29) is 12.1 Å². The van der Waals surface area contributed by atoms with Crippen molar-refractivity contribution in [3.8, 4) is 0 Å². The minimum Gasteiger partial charge on any atom is -0.394 e. The molecule has 20 heavy (non-hydrogen) atoms. The molecular formula is C16H26ClNOS. The summed E-state index contributed by atoms with van der Waals surface area (Å²) in [6, 6.07) is 7.95. The van der Waals surface area contributed by atoms with Crippen LogP contribution in [0.3, 0.4) is 0 Å². The van der Waals surface area contributed by atoms with Gasteiger partial charge >= 0.3 is 0 Å². The summed E-state index contributed by atoms with van der Waals surface area (Å²) < 4.78 is 0. The summed E-state index contributed by atoms with van der Waals surface area (Å²) in [5, 5.41) is 14.0. The molecule has 1 aromatic rings. The van der Waals surface area contributed by atoms with E-state index in [0.29, 0.717) is 0 Å². The van der Waals surface area contributed by atoms with Gasteiger partial charge < -0.3 is 10.4 Å². The van der Waals surface area contributed by atoms with Crippen molar-refractivity contribution in [1.29, 1.82) is 0 Å². The maximum Gasteiger partial charge on any atom is 0.0613 e. The molecule has 1 rings (SSSR count). The summed E-state index contributed by atoms with van der Waals surface area (Å²) in [6.45, 7) is 5.46. The Kier molecular flexibility index (Phi) is 8.62. The fraction of sp³-hybridized carbons (Fsp3) is 0.625. The topological polar surface area (TPSA) is 32.3 Å². The zero-order valence-electron chi connectivity index (χ0n) is 12.5. The van der Waals surface area contributed by atoms with E-state index in [1.165, 1.54) is 0 Å². The van der Waals surface area contributed by atoms with Gasteiger partial charge in [-0.1, -0.05) is 37.6 Å². The molecule has 2 nitrogen and oxygen atoms in total. The Hall–Kier alpha value is -0.220. The molecule has 0 spiro atoms. The van der Waals surface area contributed by atoms with E-state index >= 15 is 0 Å². The van der Waals surface area contributed by atoms with Gasteiger partial charge in [-0.2, -0.15) is 0 Å². The second kappa shape index (κ2) is 9.67. The predicted octanol–water partition coefficient (Wildman–Crippen LogP) is 4.35. The fourth-order valence-electron chi connectivity index (χ4n) is 2.18. The SMILES string of the molecule is CCCNC(CC)(CO)CCCSc1ccccc1Cl. The van der Waals surface area contributed by atoms with Crippen molar-refractivity contribution in [2.75, 3.05) is 18.9 Å². The van der Waals surface area contributed by atoms with Crippen molar-refractivity contribution >= 4 is 23.4 Å². The van der Waals surface area contributed by atoms with Gasteiger partial charge in [0.15, 0.2) is 0 Å². The van der Waals surface area contributed by atoms with Crippen LogP contribution in [0.1, 0.15) is 39.5 Å². The zero-order chi connectivity index (χ0) is 14.8. The molecule has 2 N–H and O–H groups in total. The van der Waals surface area contributed by atoms with Crippen molar-refractivity contribution in [2.24, 2.45) is 0 Å². The molecule has 4 heteroatoms. The van der Waals surface area contributed by atoms with Gasteiger partial charge in [-0.3, -0.25) is 0 Å². The third-order valence-electron chi connectivity index (χ3n) is 3.62. The Bertz CT molecular complexity index is 382. The van der Waals surface area contributed by atoms with Crippen molar-refractivity contribution in [3.63, 3.8) is 0 Å². The third kappa shape index (κ3) is 5.65. The maximum absolute atomic E-state index is 9.67. The van der Waals surface area contributed by atoms with E-state index in [4.69, 9.17) is 11.6 Å². The Labute approximate surface area is 132 Å². The van der Waals surface area contributed by atoms with E-state index in [2.05, 4.69) is 25.2 Å². The summed E-state index contributed by atoms with van der Waals surface area (Å²) in [5.74, 6) is 1.03. The molecule has 0 aliphatic carbocycles. The minimum atomic E-state index is -0.114. The second-order valence-corrected chi connectivity index (χ2v) is 6.65. The Morgan fingerprint density at radius 3 is 2.65 bits per heavy atom. The van der Waals surface area contributed by atoms with Crippen LogP contribution in [0.2, 0.25) is 5.02 Å². The van der Waals surface area contributed by atoms with Gasteiger partial charge in [0.05, 0.1) is 11.6 Å². The molecule has 0 aromatic heterocycles. The lowest BCUT2D eigenvalue weighted by molar-refractivity contribution is 0.146. The second-order valence-electron chi connectivity index (χ2n) is 5.10. The first kappa shape index (κ1) is 17.8. The van der Waals surface area contributed by atoms with Gasteiger partial charge in [0.25, 0.3) is 0 Å². The fourth-order valence-corrected chi connectivity index (χ4v) is 3.37. The van der Waals surface area contributed by atoms with Crippen molar-refractivity contribution in [3.05, 3.63) is 29.3 Å². The van der Waals surface area contributed by atoms with Crippen LogP contribution < -0.4 is 5.32 Å². The van der Waals surface area contributed by atoms with E-state index in [1.54, 1.807) is 11.8 Å². The van der Waals surface area contributed by atoms with Crippen LogP contribution in [0.15, 0.2) is 29.2 Å². The number of thioether (sulfide) groups is 1. The number of benzene rings is 1. The highest BCUT2D eigenvalue weighted by Crippen LogP contribution is 2.28. The van der Waals surface area contributed by atoms with Gasteiger partial charge in [-0.05, 0) is 50.1 Å². The first-order valence-corrected chi connectivity index (χ1v) is 8.77. The van der Waals surface area contributed by atoms with Gasteiger partial charge in [-0.15, -0.1) is 11.8 Å². The number of nitrogens with one attached hydrogen (secondary N) is 1. The van der Waals surface area contributed by atoms with E-state index in [1.807, 2.05) is 18.2 Å². The summed E-state index contributed by atoms with van der Waals surface area (Å²) in [7, 11) is 0. The molecule has 0 fully saturated rings. The summed E-state index contributed by atoms with van der Waals surface area (Å²) in [5.41, 5.74) is -0.114. The maximum atomic E-state index is 9.67. The van der Waals surface area contributed by atoms with Crippen LogP contribution in [0, 0.1) is 0 Å². The highest BCUT2D eigenvalue weighted by molar-refractivity contribution is 7.99. The van der Waals surface area contributed by atoms with Crippen LogP contribution in [0.25, 0.3) is 0 Å². The van der Waals surface area contributed by atoms with Crippen LogP contribution in [-0.2, 0) is 0 Å². The molecule has 1 unspecified atom stereocenters. The van der Waals surface area contributed by atoms with Gasteiger partial charge in [-0.25, -0.2) is 0 Å². The van der Waals surface area contributed by atoms with Crippen molar-refractivity contribution in [1.82, 2.24) is 5.32 Å². The van der Waals surface area contributed by atoms with Gasteiger partial charge in [0.2, 0.25) is 0 Å². The van der Waals surface area contributed by atoms with Gasteiger partial charge in [0.1, 0.15) is 0 Å². The minimum absolute atomic E-state index is 0.114. The molecule has 0 aliphatic rings.